The van der Waals surface area contributed by atoms with Crippen molar-refractivity contribution in [2.24, 2.45) is 0 Å². The molecule has 0 spiro atoms. The molecule has 3 atom stereocenters. The molecule has 0 saturated carbocycles. The lowest BCUT2D eigenvalue weighted by Crippen LogP contribution is -2.43. The highest BCUT2D eigenvalue weighted by Gasteiger charge is 2.36. The monoisotopic (exact) mass is 281 g/mol. The van der Waals surface area contributed by atoms with E-state index in [0.717, 1.165) is 37.9 Å². The van der Waals surface area contributed by atoms with E-state index in [1.807, 2.05) is 11.4 Å². The first-order valence-corrected chi connectivity index (χ1v) is 7.71. The van der Waals surface area contributed by atoms with Gasteiger partial charge in [-0.25, -0.2) is 0 Å². The molecule has 1 saturated heterocycles. The number of ether oxygens (including phenoxy) is 1. The van der Waals surface area contributed by atoms with Gasteiger partial charge in [0.2, 0.25) is 0 Å². The first-order chi connectivity index (χ1) is 9.15. The normalized spacial score (nSPS) is 31.3. The Bertz CT molecular complexity index is 473. The van der Waals surface area contributed by atoms with Gasteiger partial charge in [0, 0.05) is 18.0 Å². The number of aliphatic carboxylic acids is 1. The average Bonchev–Trinajstić information content (AvgIpc) is 2.97. The molecule has 2 aliphatic rings. The van der Waals surface area contributed by atoms with Crippen LogP contribution in [0.3, 0.4) is 0 Å². The highest BCUT2D eigenvalue weighted by atomic mass is 32.1. The topological polar surface area (TPSA) is 49.8 Å². The third-order valence-electron chi connectivity index (χ3n) is 4.06. The van der Waals surface area contributed by atoms with E-state index < -0.39 is 12.0 Å². The molecule has 5 heteroatoms. The largest absolute Gasteiger partial charge is 0.480 e. The van der Waals surface area contributed by atoms with Crippen LogP contribution in [0.15, 0.2) is 11.4 Å². The number of fused-ring (bicyclic) bond motifs is 1. The van der Waals surface area contributed by atoms with Gasteiger partial charge in [0.25, 0.3) is 0 Å². The lowest BCUT2D eigenvalue weighted by molar-refractivity contribution is -0.144. The van der Waals surface area contributed by atoms with Crippen molar-refractivity contribution >= 4 is 17.3 Å². The summed E-state index contributed by atoms with van der Waals surface area (Å²) in [4.78, 5) is 14.9. The average molecular weight is 281 g/mol. The van der Waals surface area contributed by atoms with Crippen molar-refractivity contribution in [1.29, 1.82) is 0 Å². The van der Waals surface area contributed by atoms with E-state index >= 15 is 0 Å². The molecule has 1 aromatic heterocycles. The van der Waals surface area contributed by atoms with Gasteiger partial charge in [0.05, 0.1) is 12.2 Å². The summed E-state index contributed by atoms with van der Waals surface area (Å²) in [5, 5.41) is 11.5. The van der Waals surface area contributed by atoms with E-state index in [2.05, 4.69) is 11.8 Å². The molecule has 2 aliphatic heterocycles. The molecule has 0 aromatic carbocycles. The molecule has 0 radical (unpaired) electrons. The Kier molecular flexibility index (Phi) is 3.60. The molecular weight excluding hydrogens is 262 g/mol. The standard InChI is InChI=1S/C14H19NO3S/c1-9-2-3-10(18-9)8-15-6-4-12-11(5-7-19-12)13(15)14(16)17/h5,7,9-10,13H,2-4,6,8H2,1H3,(H,16,17). The van der Waals surface area contributed by atoms with Crippen LogP contribution in [0.5, 0.6) is 0 Å². The zero-order valence-electron chi connectivity index (χ0n) is 11.0. The SMILES string of the molecule is CC1CCC(CN2CCc3sccc3C2C(=O)O)O1. The van der Waals surface area contributed by atoms with E-state index in [1.54, 1.807) is 11.3 Å². The van der Waals surface area contributed by atoms with Gasteiger partial charge in [-0.1, -0.05) is 0 Å². The quantitative estimate of drug-likeness (QED) is 0.923. The summed E-state index contributed by atoms with van der Waals surface area (Å²) in [5.74, 6) is -0.745. The van der Waals surface area contributed by atoms with Gasteiger partial charge in [-0.3, -0.25) is 9.69 Å². The van der Waals surface area contributed by atoms with Gasteiger partial charge in [-0.2, -0.15) is 0 Å². The van der Waals surface area contributed by atoms with Crippen molar-refractivity contribution in [3.05, 3.63) is 21.9 Å². The Hall–Kier alpha value is -0.910. The summed E-state index contributed by atoms with van der Waals surface area (Å²) in [6.07, 6.45) is 3.59. The smallest absolute Gasteiger partial charge is 0.325 e. The Balaban J connectivity index is 1.76. The third-order valence-corrected chi connectivity index (χ3v) is 5.05. The molecule has 0 bridgehead atoms. The minimum atomic E-state index is -0.745. The van der Waals surface area contributed by atoms with Crippen molar-refractivity contribution in [2.75, 3.05) is 13.1 Å². The molecule has 3 heterocycles. The summed E-state index contributed by atoms with van der Waals surface area (Å²) in [6, 6.07) is 1.47. The number of carbonyl (C=O) groups is 1. The molecule has 1 N–H and O–H groups in total. The van der Waals surface area contributed by atoms with Crippen molar-refractivity contribution in [1.82, 2.24) is 4.90 Å². The van der Waals surface area contributed by atoms with E-state index in [1.165, 1.54) is 4.88 Å². The maximum absolute atomic E-state index is 11.6. The fraction of sp³-hybridized carbons (Fsp3) is 0.643. The molecule has 0 aliphatic carbocycles. The molecule has 0 amide bonds. The zero-order chi connectivity index (χ0) is 13.4. The second-order valence-electron chi connectivity index (χ2n) is 5.43. The van der Waals surface area contributed by atoms with E-state index in [4.69, 9.17) is 4.74 Å². The van der Waals surface area contributed by atoms with Crippen LogP contribution < -0.4 is 0 Å². The van der Waals surface area contributed by atoms with E-state index in [0.29, 0.717) is 6.10 Å². The predicted molar refractivity (Wildman–Crippen MR) is 73.5 cm³/mol. The molecule has 104 valence electrons. The van der Waals surface area contributed by atoms with Gasteiger partial charge in [0.15, 0.2) is 0 Å². The number of rotatable bonds is 3. The summed E-state index contributed by atoms with van der Waals surface area (Å²) in [5.41, 5.74) is 0.981. The number of hydrogen-bond donors (Lipinski definition) is 1. The maximum atomic E-state index is 11.6. The summed E-state index contributed by atoms with van der Waals surface area (Å²) in [6.45, 7) is 3.64. The van der Waals surface area contributed by atoms with Crippen LogP contribution in [0.2, 0.25) is 0 Å². The fourth-order valence-corrected chi connectivity index (χ4v) is 4.04. The van der Waals surface area contributed by atoms with Crippen molar-refractivity contribution in [3.8, 4) is 0 Å². The highest BCUT2D eigenvalue weighted by molar-refractivity contribution is 7.10. The van der Waals surface area contributed by atoms with Crippen LogP contribution in [0, 0.1) is 0 Å². The first kappa shape index (κ1) is 13.1. The Morgan fingerprint density at radius 2 is 2.42 bits per heavy atom. The van der Waals surface area contributed by atoms with Crippen LogP contribution in [0.1, 0.15) is 36.2 Å². The van der Waals surface area contributed by atoms with Crippen LogP contribution in [0.25, 0.3) is 0 Å². The van der Waals surface area contributed by atoms with Crippen LogP contribution in [-0.4, -0.2) is 41.3 Å². The molecule has 19 heavy (non-hydrogen) atoms. The number of carboxylic acid groups (broad SMARTS) is 1. The lowest BCUT2D eigenvalue weighted by Gasteiger charge is -2.34. The van der Waals surface area contributed by atoms with Crippen LogP contribution in [0.4, 0.5) is 0 Å². The van der Waals surface area contributed by atoms with Gasteiger partial charge in [-0.15, -0.1) is 11.3 Å². The molecule has 3 rings (SSSR count). The number of thiophene rings is 1. The van der Waals surface area contributed by atoms with Gasteiger partial charge in [-0.05, 0) is 43.2 Å². The van der Waals surface area contributed by atoms with E-state index in [9.17, 15) is 9.90 Å². The number of carboxylic acids is 1. The molecular formula is C14H19NO3S. The molecule has 3 unspecified atom stereocenters. The molecule has 1 aromatic rings. The maximum Gasteiger partial charge on any atom is 0.325 e. The number of hydrogen-bond acceptors (Lipinski definition) is 4. The fourth-order valence-electron chi connectivity index (χ4n) is 3.14. The van der Waals surface area contributed by atoms with Crippen LogP contribution in [-0.2, 0) is 16.0 Å². The predicted octanol–water partition coefficient (Wildman–Crippen LogP) is 2.30. The Morgan fingerprint density at radius 1 is 1.58 bits per heavy atom. The van der Waals surface area contributed by atoms with E-state index in [-0.39, 0.29) is 6.10 Å². The lowest BCUT2D eigenvalue weighted by atomic mass is 9.99. The molecule has 1 fully saturated rings. The minimum absolute atomic E-state index is 0.192. The molecule has 4 nitrogen and oxygen atoms in total. The second kappa shape index (κ2) is 5.23. The second-order valence-corrected chi connectivity index (χ2v) is 6.43. The van der Waals surface area contributed by atoms with Crippen molar-refractivity contribution in [3.63, 3.8) is 0 Å². The van der Waals surface area contributed by atoms with Crippen molar-refractivity contribution < 1.29 is 14.6 Å². The van der Waals surface area contributed by atoms with Crippen molar-refractivity contribution in [2.45, 2.75) is 44.4 Å². The summed E-state index contributed by atoms with van der Waals surface area (Å²) < 4.78 is 5.83. The highest BCUT2D eigenvalue weighted by Crippen LogP contribution is 2.34. The van der Waals surface area contributed by atoms with Gasteiger partial charge in [0.1, 0.15) is 6.04 Å². The summed E-state index contributed by atoms with van der Waals surface area (Å²) in [7, 11) is 0. The zero-order valence-corrected chi connectivity index (χ0v) is 11.9. The van der Waals surface area contributed by atoms with Gasteiger partial charge >= 0.3 is 5.97 Å². The minimum Gasteiger partial charge on any atom is -0.480 e. The Morgan fingerprint density at radius 3 is 3.11 bits per heavy atom. The Labute approximate surface area is 117 Å². The van der Waals surface area contributed by atoms with Crippen LogP contribution >= 0.6 is 11.3 Å². The number of nitrogens with zero attached hydrogens (tertiary/aromatic N) is 1. The third kappa shape index (κ3) is 2.55. The summed E-state index contributed by atoms with van der Waals surface area (Å²) >= 11 is 1.67. The van der Waals surface area contributed by atoms with Gasteiger partial charge < -0.3 is 9.84 Å². The first-order valence-electron chi connectivity index (χ1n) is 6.83.